The highest BCUT2D eigenvalue weighted by molar-refractivity contribution is 5.99. The molecule has 0 radical (unpaired) electrons. The monoisotopic (exact) mass is 288 g/mol. The summed E-state index contributed by atoms with van der Waals surface area (Å²) in [4.78, 5) is 27.8. The van der Waals surface area contributed by atoms with Crippen LogP contribution in [0.5, 0.6) is 0 Å². The molecule has 2 rings (SSSR count). The van der Waals surface area contributed by atoms with Crippen molar-refractivity contribution in [3.05, 3.63) is 59.2 Å². The van der Waals surface area contributed by atoms with E-state index in [1.807, 2.05) is 0 Å². The van der Waals surface area contributed by atoms with E-state index in [0.29, 0.717) is 16.8 Å². The van der Waals surface area contributed by atoms with Crippen LogP contribution < -0.4 is 0 Å². The molecule has 5 heteroatoms. The minimum atomic E-state index is -0.414. The van der Waals surface area contributed by atoms with E-state index in [0.717, 1.165) is 0 Å². The number of hydrogen-bond acceptors (Lipinski definition) is 2. The van der Waals surface area contributed by atoms with Gasteiger partial charge in [0.2, 0.25) is 0 Å². The van der Waals surface area contributed by atoms with Gasteiger partial charge in [0, 0.05) is 24.4 Å². The lowest BCUT2D eigenvalue weighted by atomic mass is 10.1. The molecule has 21 heavy (non-hydrogen) atoms. The Hall–Kier alpha value is -2.43. The Morgan fingerprint density at radius 3 is 2.52 bits per heavy atom. The van der Waals surface area contributed by atoms with Gasteiger partial charge >= 0.3 is 0 Å². The zero-order chi connectivity index (χ0) is 15.6. The van der Waals surface area contributed by atoms with E-state index in [-0.39, 0.29) is 17.5 Å². The molecule has 110 valence electrons. The fraction of sp³-hybridized carbons (Fsp3) is 0.250. The average molecular weight is 288 g/mol. The molecule has 0 bridgehead atoms. The molecule has 0 saturated carbocycles. The molecule has 0 aliphatic heterocycles. The van der Waals surface area contributed by atoms with Crippen LogP contribution in [0.1, 0.15) is 46.3 Å². The summed E-state index contributed by atoms with van der Waals surface area (Å²) in [7, 11) is 1.60. The zero-order valence-electron chi connectivity index (χ0n) is 12.2. The van der Waals surface area contributed by atoms with Crippen LogP contribution in [0.2, 0.25) is 0 Å². The van der Waals surface area contributed by atoms with Gasteiger partial charge in [0.15, 0.2) is 5.78 Å². The molecule has 1 atom stereocenters. The molecule has 1 aromatic carbocycles. The Labute approximate surface area is 122 Å². The summed E-state index contributed by atoms with van der Waals surface area (Å²) in [6.07, 6.45) is 1.50. The predicted octanol–water partition coefficient (Wildman–Crippen LogP) is 3.19. The number of Topliss-reactive ketones (excluding diaryl/α,β-unsaturated/α-hetero) is 1. The summed E-state index contributed by atoms with van der Waals surface area (Å²) < 4.78 is 13.8. The molecule has 0 spiro atoms. The summed E-state index contributed by atoms with van der Waals surface area (Å²) in [5.41, 5.74) is 1.21. The number of ketones is 1. The Morgan fingerprint density at radius 1 is 1.29 bits per heavy atom. The van der Waals surface area contributed by atoms with Crippen LogP contribution in [0.25, 0.3) is 0 Å². The number of aromatic amines is 1. The van der Waals surface area contributed by atoms with E-state index in [1.165, 1.54) is 30.2 Å². The SMILES string of the molecule is CC(=O)c1c[nH]c(C(=O)N(C)[C@@H](C)c2ccccc2F)c1. The third-order valence-corrected chi connectivity index (χ3v) is 3.58. The molecule has 0 aliphatic rings. The number of halogens is 1. The van der Waals surface area contributed by atoms with Crippen molar-refractivity contribution < 1.29 is 14.0 Å². The maximum Gasteiger partial charge on any atom is 0.270 e. The smallest absolute Gasteiger partial charge is 0.270 e. The van der Waals surface area contributed by atoms with E-state index < -0.39 is 6.04 Å². The van der Waals surface area contributed by atoms with Gasteiger partial charge < -0.3 is 9.88 Å². The van der Waals surface area contributed by atoms with Crippen LogP contribution in [0.3, 0.4) is 0 Å². The number of carbonyl (C=O) groups is 2. The van der Waals surface area contributed by atoms with Gasteiger partial charge in [-0.2, -0.15) is 0 Å². The molecule has 1 heterocycles. The van der Waals surface area contributed by atoms with Gasteiger partial charge in [-0.25, -0.2) is 4.39 Å². The van der Waals surface area contributed by atoms with E-state index in [9.17, 15) is 14.0 Å². The normalized spacial score (nSPS) is 12.0. The second-order valence-corrected chi connectivity index (χ2v) is 4.97. The van der Waals surface area contributed by atoms with Gasteiger partial charge in [-0.05, 0) is 26.0 Å². The average Bonchev–Trinajstić information content (AvgIpc) is 2.95. The number of amides is 1. The number of carbonyl (C=O) groups excluding carboxylic acids is 2. The van der Waals surface area contributed by atoms with Crippen molar-refractivity contribution in [1.29, 1.82) is 0 Å². The largest absolute Gasteiger partial charge is 0.356 e. The summed E-state index contributed by atoms with van der Waals surface area (Å²) in [5, 5.41) is 0. The minimum Gasteiger partial charge on any atom is -0.356 e. The number of rotatable bonds is 4. The fourth-order valence-electron chi connectivity index (χ4n) is 2.11. The first kappa shape index (κ1) is 15.0. The molecule has 1 amide bonds. The van der Waals surface area contributed by atoms with E-state index >= 15 is 0 Å². The number of H-pyrrole nitrogens is 1. The van der Waals surface area contributed by atoms with Gasteiger partial charge in [-0.15, -0.1) is 0 Å². The fourth-order valence-corrected chi connectivity index (χ4v) is 2.11. The van der Waals surface area contributed by atoms with Crippen LogP contribution >= 0.6 is 0 Å². The van der Waals surface area contributed by atoms with Crippen molar-refractivity contribution >= 4 is 11.7 Å². The Bertz CT molecular complexity index is 678. The molecule has 0 aliphatic carbocycles. The number of benzene rings is 1. The maximum absolute atomic E-state index is 13.8. The number of nitrogens with one attached hydrogen (secondary N) is 1. The molecule has 0 unspecified atom stereocenters. The molecule has 1 aromatic heterocycles. The number of hydrogen-bond donors (Lipinski definition) is 1. The number of aromatic nitrogens is 1. The zero-order valence-corrected chi connectivity index (χ0v) is 12.2. The van der Waals surface area contributed by atoms with Crippen molar-refractivity contribution in [2.24, 2.45) is 0 Å². The molecule has 4 nitrogen and oxygen atoms in total. The highest BCUT2D eigenvalue weighted by Gasteiger charge is 2.22. The van der Waals surface area contributed by atoms with Crippen molar-refractivity contribution in [3.63, 3.8) is 0 Å². The maximum atomic E-state index is 13.8. The van der Waals surface area contributed by atoms with Gasteiger partial charge in [0.05, 0.1) is 6.04 Å². The third-order valence-electron chi connectivity index (χ3n) is 3.58. The van der Waals surface area contributed by atoms with E-state index in [4.69, 9.17) is 0 Å². The van der Waals surface area contributed by atoms with Crippen molar-refractivity contribution in [2.45, 2.75) is 19.9 Å². The van der Waals surface area contributed by atoms with Crippen molar-refractivity contribution in [2.75, 3.05) is 7.05 Å². The first-order valence-corrected chi connectivity index (χ1v) is 6.62. The first-order valence-electron chi connectivity index (χ1n) is 6.62. The van der Waals surface area contributed by atoms with Crippen LogP contribution in [-0.2, 0) is 0 Å². The molecular weight excluding hydrogens is 271 g/mol. The lowest BCUT2D eigenvalue weighted by Gasteiger charge is -2.25. The van der Waals surface area contributed by atoms with E-state index in [2.05, 4.69) is 4.98 Å². The summed E-state index contributed by atoms with van der Waals surface area (Å²) in [6, 6.07) is 7.46. The highest BCUT2D eigenvalue weighted by atomic mass is 19.1. The van der Waals surface area contributed by atoms with Crippen LogP contribution in [-0.4, -0.2) is 28.6 Å². The van der Waals surface area contributed by atoms with E-state index in [1.54, 1.807) is 32.2 Å². The predicted molar refractivity (Wildman–Crippen MR) is 77.7 cm³/mol. The van der Waals surface area contributed by atoms with Crippen molar-refractivity contribution in [3.8, 4) is 0 Å². The van der Waals surface area contributed by atoms with Crippen LogP contribution in [0, 0.1) is 5.82 Å². The van der Waals surface area contributed by atoms with Gasteiger partial charge in [-0.1, -0.05) is 18.2 Å². The lowest BCUT2D eigenvalue weighted by molar-refractivity contribution is 0.0735. The quantitative estimate of drug-likeness (QED) is 0.878. The second-order valence-electron chi connectivity index (χ2n) is 4.97. The molecule has 2 aromatic rings. The molecule has 0 saturated heterocycles. The second kappa shape index (κ2) is 5.91. The molecular formula is C16H17FN2O2. The topological polar surface area (TPSA) is 53.2 Å². The molecule has 1 N–H and O–H groups in total. The molecule has 0 fully saturated rings. The Morgan fingerprint density at radius 2 is 1.95 bits per heavy atom. The summed E-state index contributed by atoms with van der Waals surface area (Å²) in [5.74, 6) is -0.756. The van der Waals surface area contributed by atoms with Gasteiger partial charge in [-0.3, -0.25) is 9.59 Å². The first-order chi connectivity index (χ1) is 9.91. The third kappa shape index (κ3) is 3.02. The van der Waals surface area contributed by atoms with Gasteiger partial charge in [0.1, 0.15) is 11.5 Å². The Balaban J connectivity index is 2.22. The Kier molecular flexibility index (Phi) is 4.21. The van der Waals surface area contributed by atoms with Crippen LogP contribution in [0.15, 0.2) is 36.5 Å². The lowest BCUT2D eigenvalue weighted by Crippen LogP contribution is -2.30. The minimum absolute atomic E-state index is 0.116. The summed E-state index contributed by atoms with van der Waals surface area (Å²) >= 11 is 0. The highest BCUT2D eigenvalue weighted by Crippen LogP contribution is 2.23. The van der Waals surface area contributed by atoms with Gasteiger partial charge in [0.25, 0.3) is 5.91 Å². The standard InChI is InChI=1S/C16H17FN2O2/c1-10(13-6-4-5-7-14(13)17)19(3)16(21)15-8-12(9-18-15)11(2)20/h4-10,18H,1-3H3/t10-/m0/s1. The number of nitrogens with zero attached hydrogens (tertiary/aromatic N) is 1. The van der Waals surface area contributed by atoms with Crippen molar-refractivity contribution in [1.82, 2.24) is 9.88 Å². The van der Waals surface area contributed by atoms with Crippen LogP contribution in [0.4, 0.5) is 4.39 Å². The summed E-state index contributed by atoms with van der Waals surface area (Å²) in [6.45, 7) is 3.19.